The minimum absolute atomic E-state index is 0.519. The zero-order chi connectivity index (χ0) is 13.4. The Morgan fingerprint density at radius 3 is 2.72 bits per heavy atom. The van der Waals surface area contributed by atoms with Gasteiger partial charge in [0.15, 0.2) is 0 Å². The molecule has 0 amide bonds. The van der Waals surface area contributed by atoms with E-state index in [9.17, 15) is 0 Å². The molecule has 1 unspecified atom stereocenters. The van der Waals surface area contributed by atoms with Crippen molar-refractivity contribution in [2.24, 2.45) is 0 Å². The summed E-state index contributed by atoms with van der Waals surface area (Å²) in [6, 6.07) is 0.650. The van der Waals surface area contributed by atoms with Gasteiger partial charge in [0.05, 0.1) is 0 Å². The molecule has 0 radical (unpaired) electrons. The number of nitrogens with one attached hydrogen (secondary N) is 1. The average Bonchev–Trinajstić information content (AvgIpc) is 2.80. The van der Waals surface area contributed by atoms with Crippen molar-refractivity contribution < 1.29 is 0 Å². The lowest BCUT2D eigenvalue weighted by Crippen LogP contribution is -2.26. The molecule has 1 atom stereocenters. The second kappa shape index (κ2) is 8.30. The highest BCUT2D eigenvalue weighted by Crippen LogP contribution is 2.13. The number of aryl methyl sites for hydroxylation is 1. The SMILES string of the molecule is CCCNC(C)CCCCn1ccnc1C(C)C. The first kappa shape index (κ1) is 15.2. The molecule has 1 rings (SSSR count). The summed E-state index contributed by atoms with van der Waals surface area (Å²) in [7, 11) is 0. The molecule has 0 saturated carbocycles. The summed E-state index contributed by atoms with van der Waals surface area (Å²) in [6.45, 7) is 11.2. The molecule has 18 heavy (non-hydrogen) atoms. The minimum atomic E-state index is 0.519. The van der Waals surface area contributed by atoms with Gasteiger partial charge in [-0.15, -0.1) is 0 Å². The van der Waals surface area contributed by atoms with Crippen LogP contribution in [0.3, 0.4) is 0 Å². The summed E-state index contributed by atoms with van der Waals surface area (Å²) >= 11 is 0. The first-order chi connectivity index (χ1) is 8.65. The highest BCUT2D eigenvalue weighted by atomic mass is 15.1. The first-order valence-electron chi connectivity index (χ1n) is 7.39. The van der Waals surface area contributed by atoms with Crippen LogP contribution in [0.5, 0.6) is 0 Å². The Morgan fingerprint density at radius 1 is 1.28 bits per heavy atom. The third-order valence-electron chi connectivity index (χ3n) is 3.29. The van der Waals surface area contributed by atoms with Crippen molar-refractivity contribution >= 4 is 0 Å². The van der Waals surface area contributed by atoms with Crippen LogP contribution < -0.4 is 5.32 Å². The summed E-state index contributed by atoms with van der Waals surface area (Å²) in [5.74, 6) is 1.73. The molecule has 1 heterocycles. The molecule has 0 spiro atoms. The molecular weight excluding hydrogens is 222 g/mol. The lowest BCUT2D eigenvalue weighted by Gasteiger charge is -2.14. The Labute approximate surface area is 112 Å². The van der Waals surface area contributed by atoms with Crippen LogP contribution in [0, 0.1) is 0 Å². The Morgan fingerprint density at radius 2 is 2.06 bits per heavy atom. The largest absolute Gasteiger partial charge is 0.335 e. The molecule has 3 nitrogen and oxygen atoms in total. The lowest BCUT2D eigenvalue weighted by atomic mass is 10.1. The maximum absolute atomic E-state index is 4.42. The maximum Gasteiger partial charge on any atom is 0.111 e. The van der Waals surface area contributed by atoms with Crippen molar-refractivity contribution in [3.63, 3.8) is 0 Å². The second-order valence-corrected chi connectivity index (χ2v) is 5.48. The Bertz CT molecular complexity index is 317. The molecule has 0 aromatic carbocycles. The maximum atomic E-state index is 4.42. The van der Waals surface area contributed by atoms with E-state index < -0.39 is 0 Å². The highest BCUT2D eigenvalue weighted by Gasteiger charge is 2.06. The molecule has 0 bridgehead atoms. The van der Waals surface area contributed by atoms with E-state index in [4.69, 9.17) is 0 Å². The van der Waals surface area contributed by atoms with Crippen LogP contribution in [0.2, 0.25) is 0 Å². The van der Waals surface area contributed by atoms with E-state index in [1.54, 1.807) is 0 Å². The fraction of sp³-hybridized carbons (Fsp3) is 0.800. The summed E-state index contributed by atoms with van der Waals surface area (Å²) in [5.41, 5.74) is 0. The molecule has 1 aromatic rings. The van der Waals surface area contributed by atoms with E-state index in [0.29, 0.717) is 12.0 Å². The van der Waals surface area contributed by atoms with Gasteiger partial charge < -0.3 is 9.88 Å². The van der Waals surface area contributed by atoms with Gasteiger partial charge in [0, 0.05) is 30.9 Å². The van der Waals surface area contributed by atoms with Crippen LogP contribution in [0.25, 0.3) is 0 Å². The second-order valence-electron chi connectivity index (χ2n) is 5.48. The quantitative estimate of drug-likeness (QED) is 0.680. The van der Waals surface area contributed by atoms with Crippen LogP contribution >= 0.6 is 0 Å². The van der Waals surface area contributed by atoms with Gasteiger partial charge in [-0.3, -0.25) is 0 Å². The molecule has 0 aliphatic heterocycles. The van der Waals surface area contributed by atoms with Gasteiger partial charge in [0.2, 0.25) is 0 Å². The standard InChI is InChI=1S/C15H29N3/c1-5-9-16-14(4)8-6-7-11-18-12-10-17-15(18)13(2)3/h10,12-14,16H,5-9,11H2,1-4H3. The van der Waals surface area contributed by atoms with Crippen LogP contribution in [0.4, 0.5) is 0 Å². The number of unbranched alkanes of at least 4 members (excludes halogenated alkanes) is 1. The third-order valence-corrected chi connectivity index (χ3v) is 3.29. The van der Waals surface area contributed by atoms with Crippen LogP contribution in [-0.4, -0.2) is 22.1 Å². The van der Waals surface area contributed by atoms with Crippen molar-refractivity contribution in [3.05, 3.63) is 18.2 Å². The Balaban J connectivity index is 2.19. The minimum Gasteiger partial charge on any atom is -0.335 e. The fourth-order valence-corrected chi connectivity index (χ4v) is 2.24. The number of imidazole rings is 1. The van der Waals surface area contributed by atoms with Gasteiger partial charge >= 0.3 is 0 Å². The molecule has 0 saturated heterocycles. The highest BCUT2D eigenvalue weighted by molar-refractivity contribution is 4.97. The lowest BCUT2D eigenvalue weighted by molar-refractivity contribution is 0.471. The monoisotopic (exact) mass is 251 g/mol. The van der Waals surface area contributed by atoms with E-state index in [1.807, 2.05) is 6.20 Å². The summed E-state index contributed by atoms with van der Waals surface area (Å²) in [6.07, 6.45) is 9.04. The molecule has 0 fully saturated rings. The number of nitrogens with zero attached hydrogens (tertiary/aromatic N) is 2. The molecule has 0 aliphatic carbocycles. The molecule has 1 aromatic heterocycles. The van der Waals surface area contributed by atoms with E-state index in [2.05, 4.69) is 48.8 Å². The molecule has 3 heteroatoms. The van der Waals surface area contributed by atoms with Crippen molar-refractivity contribution in [2.75, 3.05) is 6.54 Å². The van der Waals surface area contributed by atoms with Crippen molar-refractivity contribution in [1.29, 1.82) is 0 Å². The number of hydrogen-bond donors (Lipinski definition) is 1. The average molecular weight is 251 g/mol. The Hall–Kier alpha value is -0.830. The zero-order valence-corrected chi connectivity index (χ0v) is 12.4. The number of aromatic nitrogens is 2. The van der Waals surface area contributed by atoms with E-state index in [0.717, 1.165) is 13.1 Å². The summed E-state index contributed by atoms with van der Waals surface area (Å²) in [5, 5.41) is 3.54. The number of rotatable bonds is 9. The predicted molar refractivity (Wildman–Crippen MR) is 77.9 cm³/mol. The van der Waals surface area contributed by atoms with Gasteiger partial charge in [0.25, 0.3) is 0 Å². The summed E-state index contributed by atoms with van der Waals surface area (Å²) in [4.78, 5) is 4.42. The van der Waals surface area contributed by atoms with Gasteiger partial charge in [-0.2, -0.15) is 0 Å². The number of hydrogen-bond acceptors (Lipinski definition) is 2. The predicted octanol–water partition coefficient (Wildman–Crippen LogP) is 3.56. The van der Waals surface area contributed by atoms with E-state index >= 15 is 0 Å². The zero-order valence-electron chi connectivity index (χ0n) is 12.4. The normalized spacial score (nSPS) is 13.2. The topological polar surface area (TPSA) is 29.9 Å². The molecule has 1 N–H and O–H groups in total. The van der Waals surface area contributed by atoms with Gasteiger partial charge in [-0.25, -0.2) is 4.98 Å². The Kier molecular flexibility index (Phi) is 7.02. The van der Waals surface area contributed by atoms with Gasteiger partial charge in [-0.1, -0.05) is 27.2 Å². The van der Waals surface area contributed by atoms with Crippen LogP contribution in [0.15, 0.2) is 12.4 Å². The molecular formula is C15H29N3. The molecule has 104 valence electrons. The van der Waals surface area contributed by atoms with Gasteiger partial charge in [0.1, 0.15) is 5.82 Å². The smallest absolute Gasteiger partial charge is 0.111 e. The van der Waals surface area contributed by atoms with Crippen molar-refractivity contribution in [1.82, 2.24) is 14.9 Å². The van der Waals surface area contributed by atoms with Crippen LogP contribution in [-0.2, 0) is 6.54 Å². The van der Waals surface area contributed by atoms with E-state index in [1.165, 1.54) is 31.5 Å². The van der Waals surface area contributed by atoms with Crippen LogP contribution in [0.1, 0.15) is 65.1 Å². The summed E-state index contributed by atoms with van der Waals surface area (Å²) < 4.78 is 2.30. The van der Waals surface area contributed by atoms with Gasteiger partial charge in [-0.05, 0) is 32.7 Å². The van der Waals surface area contributed by atoms with Crippen molar-refractivity contribution in [3.8, 4) is 0 Å². The third kappa shape index (κ3) is 5.21. The van der Waals surface area contributed by atoms with Crippen molar-refractivity contribution in [2.45, 2.75) is 71.9 Å². The first-order valence-corrected chi connectivity index (χ1v) is 7.39. The fourth-order valence-electron chi connectivity index (χ4n) is 2.24. The molecule has 0 aliphatic rings. The van der Waals surface area contributed by atoms with E-state index in [-0.39, 0.29) is 0 Å².